The van der Waals surface area contributed by atoms with Gasteiger partial charge in [0.2, 0.25) is 11.7 Å². The molecule has 1 amide bonds. The van der Waals surface area contributed by atoms with E-state index in [9.17, 15) is 20.1 Å². The zero-order chi connectivity index (χ0) is 19.1. The maximum atomic E-state index is 11.9. The molecule has 0 aromatic heterocycles. The third kappa shape index (κ3) is 4.90. The van der Waals surface area contributed by atoms with Gasteiger partial charge in [-0.1, -0.05) is 12.1 Å². The number of rotatable bonds is 7. The number of phenols is 2. The summed E-state index contributed by atoms with van der Waals surface area (Å²) in [6, 6.07) is 9.21. The Morgan fingerprint density at radius 2 is 1.69 bits per heavy atom. The lowest BCUT2D eigenvalue weighted by molar-refractivity contribution is -0.116. The minimum atomic E-state index is -0.887. The molecule has 0 aliphatic rings. The second kappa shape index (κ2) is 8.77. The molecule has 0 aliphatic heterocycles. The van der Waals surface area contributed by atoms with E-state index in [0.29, 0.717) is 11.1 Å². The summed E-state index contributed by atoms with van der Waals surface area (Å²) in [5.74, 6) is 0.0504. The van der Waals surface area contributed by atoms with Crippen molar-refractivity contribution in [2.24, 2.45) is 0 Å². The van der Waals surface area contributed by atoms with Crippen molar-refractivity contribution in [1.82, 2.24) is 5.32 Å². The quantitative estimate of drug-likeness (QED) is 0.563. The van der Waals surface area contributed by atoms with E-state index in [1.807, 2.05) is 0 Å². The summed E-state index contributed by atoms with van der Waals surface area (Å²) in [4.78, 5) is 11.9. The van der Waals surface area contributed by atoms with Crippen LogP contribution in [-0.2, 0) is 4.79 Å². The van der Waals surface area contributed by atoms with Crippen molar-refractivity contribution in [2.75, 3.05) is 20.8 Å². The topological polar surface area (TPSA) is 108 Å². The van der Waals surface area contributed by atoms with Crippen LogP contribution in [-0.4, -0.2) is 42.0 Å². The number of methoxy groups -OCH3 is 2. The molecule has 0 fully saturated rings. The van der Waals surface area contributed by atoms with Crippen LogP contribution in [0.25, 0.3) is 6.08 Å². The van der Waals surface area contributed by atoms with E-state index in [1.54, 1.807) is 24.3 Å². The molecule has 7 heteroatoms. The molecule has 0 aliphatic carbocycles. The molecular weight excluding hydrogens is 338 g/mol. The molecule has 0 spiro atoms. The van der Waals surface area contributed by atoms with Crippen molar-refractivity contribution < 1.29 is 29.6 Å². The third-order valence-corrected chi connectivity index (χ3v) is 3.68. The molecule has 0 heterocycles. The standard InChI is InChI=1S/C19H21NO6/c1-25-16-9-12(10-17(26-2)19(16)24)3-8-18(23)20-11-15(22)13-4-6-14(21)7-5-13/h3-10,15,21-22,24H,11H2,1-2H3,(H,20,23)/b8-3+/t15-/m1/s1. The van der Waals surface area contributed by atoms with E-state index in [-0.39, 0.29) is 29.5 Å². The van der Waals surface area contributed by atoms with Gasteiger partial charge >= 0.3 is 0 Å². The van der Waals surface area contributed by atoms with Gasteiger partial charge < -0.3 is 30.1 Å². The van der Waals surface area contributed by atoms with Crippen molar-refractivity contribution in [1.29, 1.82) is 0 Å². The first-order valence-corrected chi connectivity index (χ1v) is 7.82. The minimum absolute atomic E-state index is 0.0240. The van der Waals surface area contributed by atoms with Gasteiger partial charge in [-0.3, -0.25) is 4.79 Å². The van der Waals surface area contributed by atoms with E-state index >= 15 is 0 Å². The van der Waals surface area contributed by atoms with E-state index in [4.69, 9.17) is 9.47 Å². The zero-order valence-electron chi connectivity index (χ0n) is 14.5. The molecule has 26 heavy (non-hydrogen) atoms. The minimum Gasteiger partial charge on any atom is -0.508 e. The third-order valence-electron chi connectivity index (χ3n) is 3.68. The average molecular weight is 359 g/mol. The molecule has 0 saturated heterocycles. The van der Waals surface area contributed by atoms with Crippen molar-refractivity contribution in [3.63, 3.8) is 0 Å². The van der Waals surface area contributed by atoms with E-state index in [1.165, 1.54) is 38.5 Å². The molecule has 0 saturated carbocycles. The Hall–Kier alpha value is -3.19. The summed E-state index contributed by atoms with van der Waals surface area (Å²) in [5, 5.41) is 31.7. The predicted molar refractivity (Wildman–Crippen MR) is 96.3 cm³/mol. The summed E-state index contributed by atoms with van der Waals surface area (Å²) in [7, 11) is 2.83. The molecule has 0 radical (unpaired) electrons. The molecule has 7 nitrogen and oxygen atoms in total. The van der Waals surface area contributed by atoms with Gasteiger partial charge in [0.05, 0.1) is 20.3 Å². The normalized spacial score (nSPS) is 12.0. The van der Waals surface area contributed by atoms with E-state index in [0.717, 1.165) is 0 Å². The number of aliphatic hydroxyl groups excluding tert-OH is 1. The first-order chi connectivity index (χ1) is 12.4. The highest BCUT2D eigenvalue weighted by Crippen LogP contribution is 2.37. The number of carbonyl (C=O) groups excluding carboxylic acids is 1. The van der Waals surface area contributed by atoms with Crippen LogP contribution in [0.1, 0.15) is 17.2 Å². The summed E-state index contributed by atoms with van der Waals surface area (Å²) >= 11 is 0. The largest absolute Gasteiger partial charge is 0.508 e. The molecule has 4 N–H and O–H groups in total. The number of hydrogen-bond donors (Lipinski definition) is 4. The number of ether oxygens (including phenoxy) is 2. The Morgan fingerprint density at radius 1 is 1.12 bits per heavy atom. The SMILES string of the molecule is COc1cc(/C=C/C(=O)NC[C@@H](O)c2ccc(O)cc2)cc(OC)c1O. The smallest absolute Gasteiger partial charge is 0.244 e. The van der Waals surface area contributed by atoms with E-state index < -0.39 is 12.0 Å². The molecule has 2 aromatic carbocycles. The zero-order valence-corrected chi connectivity index (χ0v) is 14.5. The number of amides is 1. The van der Waals surface area contributed by atoms with Crippen molar-refractivity contribution in [3.05, 3.63) is 53.6 Å². The van der Waals surface area contributed by atoms with Crippen LogP contribution < -0.4 is 14.8 Å². The fraction of sp³-hybridized carbons (Fsp3) is 0.211. The Bertz CT molecular complexity index is 760. The highest BCUT2D eigenvalue weighted by molar-refractivity contribution is 5.91. The molecule has 2 rings (SSSR count). The highest BCUT2D eigenvalue weighted by atomic mass is 16.5. The van der Waals surface area contributed by atoms with Gasteiger partial charge in [0, 0.05) is 12.6 Å². The first kappa shape index (κ1) is 19.1. The number of aliphatic hydroxyl groups is 1. The summed E-state index contributed by atoms with van der Waals surface area (Å²) in [5.41, 5.74) is 1.19. The number of hydrogen-bond acceptors (Lipinski definition) is 6. The molecule has 0 bridgehead atoms. The second-order valence-corrected chi connectivity index (χ2v) is 5.46. The van der Waals surface area contributed by atoms with Crippen LogP contribution >= 0.6 is 0 Å². The van der Waals surface area contributed by atoms with Crippen LogP contribution in [0, 0.1) is 0 Å². The Morgan fingerprint density at radius 3 is 2.23 bits per heavy atom. The van der Waals surface area contributed by atoms with Gasteiger partial charge in [-0.25, -0.2) is 0 Å². The molecule has 0 unspecified atom stereocenters. The molecule has 1 atom stereocenters. The van der Waals surface area contributed by atoms with Gasteiger partial charge in [0.15, 0.2) is 11.5 Å². The van der Waals surface area contributed by atoms with Crippen molar-refractivity contribution in [3.8, 4) is 23.0 Å². The summed E-state index contributed by atoms with van der Waals surface area (Å²) in [6.07, 6.45) is 1.95. The van der Waals surface area contributed by atoms with Gasteiger partial charge in [0.25, 0.3) is 0 Å². The monoisotopic (exact) mass is 359 g/mol. The second-order valence-electron chi connectivity index (χ2n) is 5.46. The maximum Gasteiger partial charge on any atom is 0.244 e. The number of aromatic hydroxyl groups is 2. The fourth-order valence-corrected chi connectivity index (χ4v) is 2.25. The maximum absolute atomic E-state index is 11.9. The van der Waals surface area contributed by atoms with Gasteiger partial charge in [-0.05, 0) is 41.5 Å². The predicted octanol–water partition coefficient (Wildman–Crippen LogP) is 1.98. The lowest BCUT2D eigenvalue weighted by Gasteiger charge is -2.11. The van der Waals surface area contributed by atoms with E-state index in [2.05, 4.69) is 5.32 Å². The van der Waals surface area contributed by atoms with Crippen LogP contribution in [0.4, 0.5) is 0 Å². The molecular formula is C19H21NO6. The van der Waals surface area contributed by atoms with Gasteiger partial charge in [-0.2, -0.15) is 0 Å². The highest BCUT2D eigenvalue weighted by Gasteiger charge is 2.11. The Balaban J connectivity index is 1.98. The van der Waals surface area contributed by atoms with Crippen LogP contribution in [0.5, 0.6) is 23.0 Å². The molecule has 2 aromatic rings. The lowest BCUT2D eigenvalue weighted by Crippen LogP contribution is -2.26. The van der Waals surface area contributed by atoms with Crippen LogP contribution in [0.3, 0.4) is 0 Å². The van der Waals surface area contributed by atoms with Gasteiger partial charge in [0.1, 0.15) is 5.75 Å². The van der Waals surface area contributed by atoms with Gasteiger partial charge in [-0.15, -0.1) is 0 Å². The summed E-state index contributed by atoms with van der Waals surface area (Å²) in [6.45, 7) is 0.0240. The van der Waals surface area contributed by atoms with Crippen LogP contribution in [0.2, 0.25) is 0 Å². The van der Waals surface area contributed by atoms with Crippen molar-refractivity contribution in [2.45, 2.75) is 6.10 Å². The van der Waals surface area contributed by atoms with Crippen LogP contribution in [0.15, 0.2) is 42.5 Å². The summed E-state index contributed by atoms with van der Waals surface area (Å²) < 4.78 is 10.1. The number of benzene rings is 2. The number of carbonyl (C=O) groups is 1. The number of phenolic OH excluding ortho intramolecular Hbond substituents is 2. The first-order valence-electron chi connectivity index (χ1n) is 7.82. The average Bonchev–Trinajstić information content (AvgIpc) is 2.65. The number of nitrogens with one attached hydrogen (secondary N) is 1. The molecule has 138 valence electrons. The Labute approximate surface area is 151 Å². The fourth-order valence-electron chi connectivity index (χ4n) is 2.25. The Kier molecular flexibility index (Phi) is 6.46. The lowest BCUT2D eigenvalue weighted by atomic mass is 10.1. The van der Waals surface area contributed by atoms with Crippen molar-refractivity contribution >= 4 is 12.0 Å².